The molecule has 0 N–H and O–H groups in total. The molecule has 0 saturated heterocycles. The van der Waals surface area contributed by atoms with Crippen LogP contribution in [0.4, 0.5) is 0 Å². The number of hydrogen-bond acceptors (Lipinski definition) is 5. The van der Waals surface area contributed by atoms with Crippen LogP contribution in [0.5, 0.6) is 0 Å². The molecule has 0 saturated carbocycles. The predicted octanol–water partition coefficient (Wildman–Crippen LogP) is 12.9. The molecule has 0 fully saturated rings. The fraction of sp³-hybridized carbons (Fsp3) is 0.0426. The molecule has 0 aliphatic heterocycles. The second-order valence-corrected chi connectivity index (χ2v) is 14.4. The van der Waals surface area contributed by atoms with Crippen molar-refractivity contribution in [2.75, 3.05) is 0 Å². The smallest absolute Gasteiger partial charge is 0.165 e. The summed E-state index contributed by atoms with van der Waals surface area (Å²) in [5, 5.41) is 6.98. The Kier molecular flexibility index (Phi) is 6.51. The van der Waals surface area contributed by atoms with Crippen molar-refractivity contribution < 1.29 is 4.42 Å². The molecular formula is C47H29N3OS. The van der Waals surface area contributed by atoms with Gasteiger partial charge in [-0.3, -0.25) is 0 Å². The van der Waals surface area contributed by atoms with Crippen molar-refractivity contribution in [3.63, 3.8) is 0 Å². The van der Waals surface area contributed by atoms with Gasteiger partial charge in [0.1, 0.15) is 11.2 Å². The first-order valence-electron chi connectivity index (χ1n) is 17.7. The topological polar surface area (TPSA) is 51.8 Å². The number of benzene rings is 7. The van der Waals surface area contributed by atoms with E-state index in [9.17, 15) is 0 Å². The zero-order chi connectivity index (χ0) is 34.2. The lowest BCUT2D eigenvalue weighted by molar-refractivity contribution is 0.669. The van der Waals surface area contributed by atoms with E-state index < -0.39 is 0 Å². The quantitative estimate of drug-likeness (QED) is 0.185. The zero-order valence-electron chi connectivity index (χ0n) is 28.0. The van der Waals surface area contributed by atoms with Crippen molar-refractivity contribution >= 4 is 70.3 Å². The van der Waals surface area contributed by atoms with Crippen LogP contribution in [-0.2, 0) is 6.42 Å². The Balaban J connectivity index is 1.27. The predicted molar refractivity (Wildman–Crippen MR) is 217 cm³/mol. The molecule has 52 heavy (non-hydrogen) atoms. The molecule has 3 aromatic heterocycles. The number of nitrogens with zero attached hydrogens (tertiary/aromatic N) is 3. The highest BCUT2D eigenvalue weighted by Crippen LogP contribution is 2.47. The number of thiophene rings is 1. The SMILES string of the molecule is C1=Cc2c(c(-c3nc(-c4ccccc4)nc(-c4c(-c5cccc6c5sc5ccccc56)ccc5oc6ccccc6c45)n3)cc3ccccc23)CC1. The van der Waals surface area contributed by atoms with Gasteiger partial charge in [-0.2, -0.15) is 0 Å². The van der Waals surface area contributed by atoms with E-state index in [4.69, 9.17) is 19.4 Å². The van der Waals surface area contributed by atoms with Gasteiger partial charge in [0.2, 0.25) is 0 Å². The third-order valence-electron chi connectivity index (χ3n) is 10.4. The van der Waals surface area contributed by atoms with Crippen LogP contribution in [0.1, 0.15) is 17.5 Å². The highest BCUT2D eigenvalue weighted by Gasteiger charge is 2.25. The van der Waals surface area contributed by atoms with Crippen molar-refractivity contribution in [2.45, 2.75) is 12.8 Å². The number of para-hydroxylation sites is 1. The van der Waals surface area contributed by atoms with E-state index in [1.807, 2.05) is 41.7 Å². The minimum Gasteiger partial charge on any atom is -0.456 e. The van der Waals surface area contributed by atoms with Crippen LogP contribution in [0.25, 0.3) is 104 Å². The average Bonchev–Trinajstić information content (AvgIpc) is 3.79. The molecule has 1 aliphatic rings. The molecule has 7 aromatic carbocycles. The van der Waals surface area contributed by atoms with Gasteiger partial charge < -0.3 is 4.42 Å². The van der Waals surface area contributed by atoms with Crippen molar-refractivity contribution in [3.05, 3.63) is 157 Å². The third-order valence-corrected chi connectivity index (χ3v) is 11.6. The highest BCUT2D eigenvalue weighted by atomic mass is 32.1. The van der Waals surface area contributed by atoms with E-state index in [-0.39, 0.29) is 0 Å². The highest BCUT2D eigenvalue weighted by molar-refractivity contribution is 7.26. The first-order valence-corrected chi connectivity index (χ1v) is 18.5. The van der Waals surface area contributed by atoms with Gasteiger partial charge in [-0.05, 0) is 70.6 Å². The van der Waals surface area contributed by atoms with Gasteiger partial charge in [0, 0.05) is 53.2 Å². The monoisotopic (exact) mass is 683 g/mol. The first-order chi connectivity index (χ1) is 25.8. The molecule has 0 bridgehead atoms. The number of rotatable bonds is 4. The summed E-state index contributed by atoms with van der Waals surface area (Å²) in [5.41, 5.74) is 9.33. The van der Waals surface area contributed by atoms with E-state index in [0.29, 0.717) is 17.5 Å². The van der Waals surface area contributed by atoms with Gasteiger partial charge in [-0.1, -0.05) is 121 Å². The molecule has 0 spiro atoms. The summed E-state index contributed by atoms with van der Waals surface area (Å²) in [5.74, 6) is 1.95. The number of hydrogen-bond donors (Lipinski definition) is 0. The number of furan rings is 1. The second kappa shape index (κ2) is 11.6. The van der Waals surface area contributed by atoms with Gasteiger partial charge >= 0.3 is 0 Å². The summed E-state index contributed by atoms with van der Waals surface area (Å²) < 4.78 is 9.03. The molecule has 0 unspecified atom stereocenters. The molecule has 0 amide bonds. The summed E-state index contributed by atoms with van der Waals surface area (Å²) in [4.78, 5) is 16.1. The average molecular weight is 684 g/mol. The molecule has 11 rings (SSSR count). The summed E-state index contributed by atoms with van der Waals surface area (Å²) in [6.07, 6.45) is 6.45. The van der Waals surface area contributed by atoms with Crippen molar-refractivity contribution in [1.82, 2.24) is 15.0 Å². The molecular weight excluding hydrogens is 655 g/mol. The first kappa shape index (κ1) is 29.3. The van der Waals surface area contributed by atoms with Gasteiger partial charge in [-0.25, -0.2) is 15.0 Å². The summed E-state index contributed by atoms with van der Waals surface area (Å²) in [6.45, 7) is 0. The van der Waals surface area contributed by atoms with Crippen LogP contribution in [0, 0.1) is 0 Å². The molecule has 10 aromatic rings. The molecule has 0 radical (unpaired) electrons. The Morgan fingerprint density at radius 1 is 0.538 bits per heavy atom. The molecule has 244 valence electrons. The van der Waals surface area contributed by atoms with Gasteiger partial charge in [0.05, 0.1) is 0 Å². The van der Waals surface area contributed by atoms with Gasteiger partial charge in [0.15, 0.2) is 17.5 Å². The number of allylic oxidation sites excluding steroid dienone is 1. The Morgan fingerprint density at radius 3 is 2.21 bits per heavy atom. The number of aromatic nitrogens is 3. The number of fused-ring (bicyclic) bond motifs is 9. The Labute approximate surface area is 303 Å². The Bertz CT molecular complexity index is 3080. The molecule has 3 heterocycles. The third kappa shape index (κ3) is 4.49. The van der Waals surface area contributed by atoms with E-state index >= 15 is 0 Å². The Hall–Kier alpha value is -6.43. The van der Waals surface area contributed by atoms with E-state index in [1.165, 1.54) is 42.1 Å². The normalized spacial score (nSPS) is 12.8. The van der Waals surface area contributed by atoms with E-state index in [2.05, 4.69) is 121 Å². The summed E-state index contributed by atoms with van der Waals surface area (Å²) >= 11 is 1.83. The van der Waals surface area contributed by atoms with Crippen LogP contribution in [0.3, 0.4) is 0 Å². The lowest BCUT2D eigenvalue weighted by Gasteiger charge is -2.19. The van der Waals surface area contributed by atoms with Crippen molar-refractivity contribution in [3.8, 4) is 45.3 Å². The second-order valence-electron chi connectivity index (χ2n) is 13.4. The lowest BCUT2D eigenvalue weighted by atomic mass is 9.88. The van der Waals surface area contributed by atoms with Gasteiger partial charge in [-0.15, -0.1) is 11.3 Å². The molecule has 4 nitrogen and oxygen atoms in total. The summed E-state index contributed by atoms with van der Waals surface area (Å²) in [6, 6.07) is 49.0. The maximum absolute atomic E-state index is 6.52. The zero-order valence-corrected chi connectivity index (χ0v) is 28.8. The molecule has 1 aliphatic carbocycles. The minimum atomic E-state index is 0.627. The largest absolute Gasteiger partial charge is 0.456 e. The maximum atomic E-state index is 6.52. The van der Waals surface area contributed by atoms with Crippen LogP contribution < -0.4 is 0 Å². The fourth-order valence-corrected chi connectivity index (χ4v) is 9.29. The van der Waals surface area contributed by atoms with Gasteiger partial charge in [0.25, 0.3) is 0 Å². The fourth-order valence-electron chi connectivity index (χ4n) is 8.06. The van der Waals surface area contributed by atoms with Crippen molar-refractivity contribution in [2.24, 2.45) is 0 Å². The molecule has 0 atom stereocenters. The minimum absolute atomic E-state index is 0.627. The van der Waals surface area contributed by atoms with Crippen LogP contribution in [0.15, 0.2) is 150 Å². The van der Waals surface area contributed by atoms with E-state index in [0.717, 1.165) is 62.6 Å². The molecule has 5 heteroatoms. The Morgan fingerprint density at radius 2 is 1.29 bits per heavy atom. The van der Waals surface area contributed by atoms with Crippen LogP contribution >= 0.6 is 11.3 Å². The lowest BCUT2D eigenvalue weighted by Crippen LogP contribution is -2.05. The standard InChI is InChI=1S/C47H29N3OS/c1-2-13-28(14-3-1)45-48-46(38-27-29-15-4-5-16-30(29)31-17-6-7-18-32(31)38)50-47(49-45)43-34(25-26-40-42(43)37-20-8-10-23-39(37)51-40)36-22-12-21-35-33-19-9-11-24-41(33)52-44(35)36/h1-6,8-17,19-27H,7,18H2. The maximum Gasteiger partial charge on any atom is 0.165 e. The summed E-state index contributed by atoms with van der Waals surface area (Å²) in [7, 11) is 0. The van der Waals surface area contributed by atoms with Crippen molar-refractivity contribution in [1.29, 1.82) is 0 Å². The van der Waals surface area contributed by atoms with Crippen LogP contribution in [-0.4, -0.2) is 15.0 Å². The van der Waals surface area contributed by atoms with Crippen LogP contribution in [0.2, 0.25) is 0 Å². The van der Waals surface area contributed by atoms with E-state index in [1.54, 1.807) is 0 Å².